The van der Waals surface area contributed by atoms with Crippen molar-refractivity contribution in [1.82, 2.24) is 0 Å². The van der Waals surface area contributed by atoms with E-state index in [1.807, 2.05) is 21.1 Å². The summed E-state index contributed by atoms with van der Waals surface area (Å²) < 4.78 is 46.6. The summed E-state index contributed by atoms with van der Waals surface area (Å²) in [5.74, 6) is 0.160. The van der Waals surface area contributed by atoms with E-state index < -0.39 is 17.7 Å². The highest BCUT2D eigenvalue weighted by molar-refractivity contribution is 7.91. The van der Waals surface area contributed by atoms with Crippen molar-refractivity contribution >= 4 is 17.7 Å². The van der Waals surface area contributed by atoms with E-state index in [0.717, 1.165) is 12.8 Å². The summed E-state index contributed by atoms with van der Waals surface area (Å²) in [5.41, 5.74) is 0. The van der Waals surface area contributed by atoms with Crippen LogP contribution in [0.25, 0.3) is 0 Å². The van der Waals surface area contributed by atoms with Crippen molar-refractivity contribution in [3.63, 3.8) is 0 Å². The Morgan fingerprint density at radius 2 is 1.00 bits per heavy atom. The van der Waals surface area contributed by atoms with Crippen LogP contribution in [-0.4, -0.2) is 70.2 Å². The topological polar surface area (TPSA) is 89.9 Å². The van der Waals surface area contributed by atoms with Crippen molar-refractivity contribution in [3.05, 3.63) is 0 Å². The number of rotatable bonds is 26. The third kappa shape index (κ3) is 26.9. The number of sulfone groups is 1. The average Bonchev–Trinajstić information content (AvgIpc) is 2.75. The molecule has 0 aromatic heterocycles. The van der Waals surface area contributed by atoms with Gasteiger partial charge in [-0.05, 0) is 12.8 Å². The Hall–Kier alpha value is 0.0200. The van der Waals surface area contributed by atoms with Crippen LogP contribution in [0.15, 0.2) is 0 Å². The molecule has 0 saturated heterocycles. The number of likely N-dealkylation sites (N-methyl/N-ethyl adjacent to an activating group) is 1. The summed E-state index contributed by atoms with van der Waals surface area (Å²) in [6.07, 6.45) is 20.4. The van der Waals surface area contributed by atoms with E-state index in [1.54, 1.807) is 0 Å². The molecule has 35 heavy (non-hydrogen) atoms. The van der Waals surface area contributed by atoms with Crippen LogP contribution in [0, 0.1) is 0 Å². The molecule has 0 radical (unpaired) electrons. The van der Waals surface area contributed by atoms with Crippen molar-refractivity contribution in [2.24, 2.45) is 0 Å². The molecule has 7 nitrogen and oxygen atoms in total. The van der Waals surface area contributed by atoms with Crippen LogP contribution < -0.4 is 0 Å². The summed E-state index contributed by atoms with van der Waals surface area (Å²) in [7, 11) is -1.40. The largest absolute Gasteiger partial charge is 0.472 e. The van der Waals surface area contributed by atoms with Crippen LogP contribution >= 0.6 is 7.82 Å². The van der Waals surface area contributed by atoms with Crippen LogP contribution in [0.1, 0.15) is 116 Å². The highest BCUT2D eigenvalue weighted by Crippen LogP contribution is 2.43. The molecule has 0 bridgehead atoms. The monoisotopic (exact) mass is 542 g/mol. The summed E-state index contributed by atoms with van der Waals surface area (Å²) in [4.78, 5) is 9.65. The fourth-order valence-corrected chi connectivity index (χ4v) is 6.05. The zero-order chi connectivity index (χ0) is 26.5. The molecule has 0 rings (SSSR count). The van der Waals surface area contributed by atoms with Crippen LogP contribution in [0.5, 0.6) is 0 Å². The molecule has 0 aliphatic rings. The first-order chi connectivity index (χ1) is 16.5. The number of phosphoric acid groups is 1. The van der Waals surface area contributed by atoms with E-state index in [-0.39, 0.29) is 31.1 Å². The first-order valence-corrected chi connectivity index (χ1v) is 17.4. The molecule has 9 heteroatoms. The van der Waals surface area contributed by atoms with Gasteiger partial charge in [0.25, 0.3) is 0 Å². The van der Waals surface area contributed by atoms with Gasteiger partial charge in [0.1, 0.15) is 23.0 Å². The van der Waals surface area contributed by atoms with Gasteiger partial charge in [-0.2, -0.15) is 0 Å². The Bertz CT molecular complexity index is 636. The van der Waals surface area contributed by atoms with Gasteiger partial charge in [-0.25, -0.2) is 13.0 Å². The fourth-order valence-electron chi connectivity index (χ4n) is 3.90. The van der Waals surface area contributed by atoms with Gasteiger partial charge in [0.2, 0.25) is 0 Å². The van der Waals surface area contributed by atoms with Gasteiger partial charge in [-0.15, -0.1) is 0 Å². The Morgan fingerprint density at radius 3 is 1.43 bits per heavy atom. The number of phosphoric ester groups is 1. The Labute approximate surface area is 217 Å². The lowest BCUT2D eigenvalue weighted by Crippen LogP contribution is -2.37. The van der Waals surface area contributed by atoms with Crippen LogP contribution in [0.2, 0.25) is 0 Å². The summed E-state index contributed by atoms with van der Waals surface area (Å²) in [5, 5.41) is 0. The summed E-state index contributed by atoms with van der Waals surface area (Å²) in [6, 6.07) is 0. The van der Waals surface area contributed by atoms with Crippen molar-refractivity contribution in [1.29, 1.82) is 0 Å². The Morgan fingerprint density at radius 1 is 0.629 bits per heavy atom. The van der Waals surface area contributed by atoms with Gasteiger partial charge in [0.15, 0.2) is 0 Å². The van der Waals surface area contributed by atoms with E-state index in [4.69, 9.17) is 9.05 Å². The molecule has 0 amide bonds. The highest BCUT2D eigenvalue weighted by atomic mass is 32.2. The van der Waals surface area contributed by atoms with E-state index >= 15 is 0 Å². The standard InChI is InChI=1S/C26H56NO6PS/c1-5-6-7-8-9-10-11-12-13-14-15-16-17-18-19-20-25-35(30,31)26-21-23-32-34(28,29)33-24-22-27(2,3)4/h5-26H2,1-4H3/p+1. The predicted molar refractivity (Wildman–Crippen MR) is 147 cm³/mol. The summed E-state index contributed by atoms with van der Waals surface area (Å²) >= 11 is 0. The molecule has 0 heterocycles. The van der Waals surface area contributed by atoms with E-state index in [9.17, 15) is 17.9 Å². The number of nitrogens with zero attached hydrogens (tertiary/aromatic N) is 1. The minimum Gasteiger partial charge on any atom is -0.329 e. The third-order valence-corrected chi connectivity index (χ3v) is 9.02. The molecule has 1 unspecified atom stereocenters. The van der Waals surface area contributed by atoms with Crippen molar-refractivity contribution in [2.45, 2.75) is 116 Å². The smallest absolute Gasteiger partial charge is 0.329 e. The van der Waals surface area contributed by atoms with E-state index in [2.05, 4.69) is 6.92 Å². The van der Waals surface area contributed by atoms with Crippen LogP contribution in [-0.2, 0) is 23.4 Å². The molecular weight excluding hydrogens is 485 g/mol. The molecule has 1 N–H and O–H groups in total. The number of hydrogen-bond acceptors (Lipinski definition) is 5. The minimum atomic E-state index is -4.12. The van der Waals surface area contributed by atoms with Crippen molar-refractivity contribution in [3.8, 4) is 0 Å². The Balaban J connectivity index is 3.55. The van der Waals surface area contributed by atoms with E-state index in [0.29, 0.717) is 17.4 Å². The molecule has 0 saturated carbocycles. The fraction of sp³-hybridized carbons (Fsp3) is 1.00. The second kappa shape index (κ2) is 21.0. The normalized spacial score (nSPS) is 14.3. The van der Waals surface area contributed by atoms with Gasteiger partial charge >= 0.3 is 7.82 Å². The van der Waals surface area contributed by atoms with Crippen molar-refractivity contribution in [2.75, 3.05) is 52.4 Å². The molecule has 212 valence electrons. The zero-order valence-corrected chi connectivity index (χ0v) is 25.1. The minimum absolute atomic E-state index is 0.0232. The van der Waals surface area contributed by atoms with Gasteiger partial charge in [0.05, 0.1) is 39.3 Å². The molecular formula is C26H57NO6PS+. The molecule has 0 aliphatic carbocycles. The number of hydrogen-bond donors (Lipinski definition) is 1. The lowest BCUT2D eigenvalue weighted by Gasteiger charge is -2.24. The molecule has 0 aromatic rings. The first-order valence-electron chi connectivity index (χ1n) is 14.1. The second-order valence-corrected chi connectivity index (χ2v) is 14.7. The quantitative estimate of drug-likeness (QED) is 0.0727. The Kier molecular flexibility index (Phi) is 21.0. The van der Waals surface area contributed by atoms with E-state index in [1.165, 1.54) is 83.5 Å². The van der Waals surface area contributed by atoms with Gasteiger partial charge in [-0.3, -0.25) is 9.05 Å². The summed E-state index contributed by atoms with van der Waals surface area (Å²) in [6.45, 7) is 2.84. The SMILES string of the molecule is CCCCCCCCCCCCCCCCCCS(=O)(=O)CCCOP(=O)(O)OCC[N+](C)(C)C. The second-order valence-electron chi connectivity index (χ2n) is 11.0. The van der Waals surface area contributed by atoms with Gasteiger partial charge in [0, 0.05) is 0 Å². The zero-order valence-electron chi connectivity index (χ0n) is 23.3. The van der Waals surface area contributed by atoms with Gasteiger partial charge < -0.3 is 9.38 Å². The lowest BCUT2D eigenvalue weighted by molar-refractivity contribution is -0.870. The maximum absolute atomic E-state index is 12.2. The maximum Gasteiger partial charge on any atom is 0.472 e. The van der Waals surface area contributed by atoms with Gasteiger partial charge in [-0.1, -0.05) is 103 Å². The number of unbranched alkanes of at least 4 members (excludes halogenated alkanes) is 15. The average molecular weight is 543 g/mol. The molecule has 1 atom stereocenters. The lowest BCUT2D eigenvalue weighted by atomic mass is 10.0. The van der Waals surface area contributed by atoms with Crippen LogP contribution in [0.3, 0.4) is 0 Å². The predicted octanol–water partition coefficient (Wildman–Crippen LogP) is 6.89. The third-order valence-electron chi connectivity index (χ3n) is 6.18. The number of quaternary nitrogens is 1. The van der Waals surface area contributed by atoms with Crippen molar-refractivity contribution < 1.29 is 31.4 Å². The highest BCUT2D eigenvalue weighted by Gasteiger charge is 2.22. The molecule has 0 aliphatic heterocycles. The molecule has 0 fully saturated rings. The maximum atomic E-state index is 12.2. The molecule has 0 spiro atoms. The first kappa shape index (κ1) is 35.0. The van der Waals surface area contributed by atoms with Crippen LogP contribution in [0.4, 0.5) is 0 Å². The molecule has 0 aromatic carbocycles.